The highest BCUT2D eigenvalue weighted by Crippen LogP contribution is 2.23. The molecule has 1 rings (SSSR count). The third-order valence-electron chi connectivity index (χ3n) is 3.67. The SMILES string of the molecule is CCN(CC(Br)CCCl)CC1(O)CCCN(C(=O)O)C1. The highest BCUT2D eigenvalue weighted by atomic mass is 79.9. The fraction of sp³-hybridized carbons (Fsp3) is 0.923. The van der Waals surface area contributed by atoms with Crippen molar-refractivity contribution in [1.82, 2.24) is 9.80 Å². The minimum Gasteiger partial charge on any atom is -0.465 e. The zero-order valence-electron chi connectivity index (χ0n) is 11.9. The standard InChI is InChI=1S/C13H24BrClN2O3/c1-2-16(8-11(14)4-6-15)9-13(20)5-3-7-17(10-13)12(18)19/h11,20H,2-10H2,1H3,(H,18,19). The molecule has 0 aromatic carbocycles. The molecule has 1 fully saturated rings. The summed E-state index contributed by atoms with van der Waals surface area (Å²) in [5.74, 6) is 0.602. The lowest BCUT2D eigenvalue weighted by molar-refractivity contribution is -0.0468. The van der Waals surface area contributed by atoms with Gasteiger partial charge in [-0.2, -0.15) is 0 Å². The summed E-state index contributed by atoms with van der Waals surface area (Å²) >= 11 is 9.31. The summed E-state index contributed by atoms with van der Waals surface area (Å²) in [5.41, 5.74) is -0.944. The first kappa shape index (κ1) is 18.0. The van der Waals surface area contributed by atoms with Crippen LogP contribution in [0, 0.1) is 0 Å². The lowest BCUT2D eigenvalue weighted by Gasteiger charge is -2.41. The maximum atomic E-state index is 11.0. The second-order valence-electron chi connectivity index (χ2n) is 5.43. The minimum absolute atomic E-state index is 0.196. The van der Waals surface area contributed by atoms with Crippen molar-refractivity contribution < 1.29 is 15.0 Å². The van der Waals surface area contributed by atoms with E-state index < -0.39 is 11.7 Å². The zero-order chi connectivity index (χ0) is 15.2. The van der Waals surface area contributed by atoms with Gasteiger partial charge >= 0.3 is 6.09 Å². The fourth-order valence-corrected chi connectivity index (χ4v) is 3.78. The van der Waals surface area contributed by atoms with E-state index in [1.807, 2.05) is 6.92 Å². The normalized spacial score (nSPS) is 24.9. The van der Waals surface area contributed by atoms with Crippen LogP contribution in [-0.4, -0.2) is 75.1 Å². The van der Waals surface area contributed by atoms with Crippen molar-refractivity contribution in [3.63, 3.8) is 0 Å². The number of rotatable bonds is 7. The van der Waals surface area contributed by atoms with Gasteiger partial charge in [-0.3, -0.25) is 4.90 Å². The number of carboxylic acid groups (broad SMARTS) is 1. The number of hydrogen-bond donors (Lipinski definition) is 2. The Hall–Kier alpha value is -0.0400. The van der Waals surface area contributed by atoms with Crippen LogP contribution in [0.15, 0.2) is 0 Å². The van der Waals surface area contributed by atoms with Crippen LogP contribution >= 0.6 is 27.5 Å². The predicted molar refractivity (Wildman–Crippen MR) is 83.9 cm³/mol. The van der Waals surface area contributed by atoms with E-state index in [1.54, 1.807) is 0 Å². The lowest BCUT2D eigenvalue weighted by Crippen LogP contribution is -2.55. The Labute approximate surface area is 134 Å². The number of likely N-dealkylation sites (tertiary alicyclic amines) is 1. The molecule has 1 saturated heterocycles. The van der Waals surface area contributed by atoms with Gasteiger partial charge in [0.15, 0.2) is 0 Å². The molecule has 0 bridgehead atoms. The molecule has 0 aromatic heterocycles. The molecule has 1 aliphatic heterocycles. The molecule has 2 unspecified atom stereocenters. The summed E-state index contributed by atoms with van der Waals surface area (Å²) in [6, 6.07) is 0. The number of nitrogens with zero attached hydrogens (tertiary/aromatic N) is 2. The van der Waals surface area contributed by atoms with Crippen molar-refractivity contribution in [3.05, 3.63) is 0 Å². The first-order chi connectivity index (χ1) is 9.40. The Morgan fingerprint density at radius 2 is 2.30 bits per heavy atom. The molecule has 118 valence electrons. The average Bonchev–Trinajstić information content (AvgIpc) is 2.37. The van der Waals surface area contributed by atoms with Gasteiger partial charge in [0.25, 0.3) is 0 Å². The number of halogens is 2. The molecule has 7 heteroatoms. The van der Waals surface area contributed by atoms with Gasteiger partial charge in [-0.25, -0.2) is 4.79 Å². The van der Waals surface area contributed by atoms with Crippen molar-refractivity contribution in [2.45, 2.75) is 36.6 Å². The van der Waals surface area contributed by atoms with Crippen LogP contribution < -0.4 is 0 Å². The number of likely N-dealkylation sites (N-methyl/N-ethyl adjacent to an activating group) is 1. The summed E-state index contributed by atoms with van der Waals surface area (Å²) in [4.78, 5) is 14.8. The molecule has 0 aliphatic carbocycles. The molecule has 0 saturated carbocycles. The lowest BCUT2D eigenvalue weighted by atomic mass is 9.92. The van der Waals surface area contributed by atoms with Gasteiger partial charge in [-0.05, 0) is 25.8 Å². The van der Waals surface area contributed by atoms with Crippen LogP contribution in [0.3, 0.4) is 0 Å². The second-order valence-corrected chi connectivity index (χ2v) is 7.11. The Balaban J connectivity index is 2.56. The summed E-state index contributed by atoms with van der Waals surface area (Å²) in [7, 11) is 0. The molecular formula is C13H24BrClN2O3. The molecule has 20 heavy (non-hydrogen) atoms. The number of β-amino-alcohol motifs (C(OH)–C–C–N with tert-alkyl or cyclic N) is 1. The first-order valence-corrected chi connectivity index (χ1v) is 8.48. The van der Waals surface area contributed by atoms with E-state index in [-0.39, 0.29) is 6.54 Å². The van der Waals surface area contributed by atoms with E-state index in [4.69, 9.17) is 16.7 Å². The van der Waals surface area contributed by atoms with E-state index >= 15 is 0 Å². The Kier molecular flexibility index (Phi) is 7.58. The van der Waals surface area contributed by atoms with Crippen molar-refractivity contribution in [2.75, 3.05) is 38.6 Å². The summed E-state index contributed by atoms with van der Waals surface area (Å²) in [6.45, 7) is 4.87. The fourth-order valence-electron chi connectivity index (χ4n) is 2.62. The summed E-state index contributed by atoms with van der Waals surface area (Å²) < 4.78 is 0. The van der Waals surface area contributed by atoms with Gasteiger partial charge < -0.3 is 15.1 Å². The number of amides is 1. The Morgan fingerprint density at radius 1 is 1.60 bits per heavy atom. The smallest absolute Gasteiger partial charge is 0.407 e. The van der Waals surface area contributed by atoms with E-state index in [0.717, 1.165) is 19.5 Å². The molecule has 1 heterocycles. The number of carbonyl (C=O) groups is 1. The number of alkyl halides is 2. The number of aliphatic hydroxyl groups is 1. The maximum absolute atomic E-state index is 11.0. The Bertz CT molecular complexity index is 322. The highest BCUT2D eigenvalue weighted by molar-refractivity contribution is 9.09. The van der Waals surface area contributed by atoms with Gasteiger partial charge in [0.1, 0.15) is 0 Å². The maximum Gasteiger partial charge on any atom is 0.407 e. The van der Waals surface area contributed by atoms with Gasteiger partial charge in [-0.15, -0.1) is 11.6 Å². The van der Waals surface area contributed by atoms with Crippen molar-refractivity contribution >= 4 is 33.6 Å². The molecule has 0 spiro atoms. The molecule has 1 amide bonds. The van der Waals surface area contributed by atoms with Crippen LogP contribution in [0.5, 0.6) is 0 Å². The van der Waals surface area contributed by atoms with Crippen LogP contribution in [0.2, 0.25) is 0 Å². The van der Waals surface area contributed by atoms with Crippen LogP contribution in [0.1, 0.15) is 26.2 Å². The van der Waals surface area contributed by atoms with Crippen LogP contribution in [0.25, 0.3) is 0 Å². The van der Waals surface area contributed by atoms with Gasteiger partial charge in [0.05, 0.1) is 12.1 Å². The number of piperidine rings is 1. The molecule has 0 radical (unpaired) electrons. The van der Waals surface area contributed by atoms with Crippen molar-refractivity contribution in [3.8, 4) is 0 Å². The highest BCUT2D eigenvalue weighted by Gasteiger charge is 2.36. The van der Waals surface area contributed by atoms with E-state index in [0.29, 0.717) is 36.6 Å². The van der Waals surface area contributed by atoms with Crippen molar-refractivity contribution in [1.29, 1.82) is 0 Å². The second kappa shape index (κ2) is 8.41. The predicted octanol–water partition coefficient (Wildman–Crippen LogP) is 2.21. The molecule has 5 nitrogen and oxygen atoms in total. The third kappa shape index (κ3) is 5.76. The van der Waals surface area contributed by atoms with Crippen LogP contribution in [0.4, 0.5) is 4.79 Å². The molecular weight excluding hydrogens is 348 g/mol. The molecule has 0 aromatic rings. The van der Waals surface area contributed by atoms with Gasteiger partial charge in [0, 0.05) is 30.3 Å². The van der Waals surface area contributed by atoms with Gasteiger partial charge in [0.2, 0.25) is 0 Å². The largest absolute Gasteiger partial charge is 0.465 e. The van der Waals surface area contributed by atoms with E-state index in [1.165, 1.54) is 4.90 Å². The molecule has 2 atom stereocenters. The quantitative estimate of drug-likeness (QED) is 0.674. The minimum atomic E-state index is -0.952. The Morgan fingerprint density at radius 3 is 2.85 bits per heavy atom. The topological polar surface area (TPSA) is 64.0 Å². The van der Waals surface area contributed by atoms with E-state index in [2.05, 4.69) is 20.8 Å². The zero-order valence-corrected chi connectivity index (χ0v) is 14.2. The molecule has 2 N–H and O–H groups in total. The first-order valence-electron chi connectivity index (χ1n) is 7.03. The monoisotopic (exact) mass is 370 g/mol. The molecule has 1 aliphatic rings. The van der Waals surface area contributed by atoms with Gasteiger partial charge in [-0.1, -0.05) is 22.9 Å². The average molecular weight is 372 g/mol. The summed E-state index contributed by atoms with van der Waals surface area (Å²) in [6.07, 6.45) is 1.28. The number of hydrogen-bond acceptors (Lipinski definition) is 3. The van der Waals surface area contributed by atoms with E-state index in [9.17, 15) is 9.90 Å². The summed E-state index contributed by atoms with van der Waals surface area (Å²) in [5, 5.41) is 19.7. The third-order valence-corrected chi connectivity index (χ3v) is 4.64. The van der Waals surface area contributed by atoms with Crippen LogP contribution in [-0.2, 0) is 0 Å². The van der Waals surface area contributed by atoms with Crippen molar-refractivity contribution in [2.24, 2.45) is 0 Å².